The third-order valence-electron chi connectivity index (χ3n) is 7.79. The first kappa shape index (κ1) is 24.7. The molecule has 6 heteroatoms. The predicted molar refractivity (Wildman–Crippen MR) is 169 cm³/mol. The van der Waals surface area contributed by atoms with Gasteiger partial charge in [0, 0.05) is 83.9 Å². The lowest BCUT2D eigenvalue weighted by molar-refractivity contribution is 1.08. The first-order chi connectivity index (χ1) is 20.1. The van der Waals surface area contributed by atoms with Crippen LogP contribution in [0, 0.1) is 13.8 Å². The molecule has 1 aliphatic rings. The monoisotopic (exact) mass is 532 g/mol. The van der Waals surface area contributed by atoms with Gasteiger partial charge in [0.15, 0.2) is 0 Å². The highest BCUT2D eigenvalue weighted by atomic mass is 15.1. The molecule has 1 aliphatic heterocycles. The van der Waals surface area contributed by atoms with Gasteiger partial charge >= 0.3 is 0 Å². The fourth-order valence-electron chi connectivity index (χ4n) is 5.82. The van der Waals surface area contributed by atoms with Crippen molar-refractivity contribution in [1.82, 2.24) is 19.5 Å². The van der Waals surface area contributed by atoms with E-state index in [1.807, 2.05) is 49.4 Å². The molecule has 0 aliphatic carbocycles. The van der Waals surface area contributed by atoms with E-state index in [-0.39, 0.29) is 0 Å². The van der Waals surface area contributed by atoms with E-state index >= 15 is 0 Å². The maximum atomic E-state index is 4.37. The SMILES string of the molecule is C=C1/C=N\C=C/CN(c2ccc(-c3ccc(-n4c5ccncc5c5cnccc54)cc3C)c(C)c2)c2ccncc21. The summed E-state index contributed by atoms with van der Waals surface area (Å²) in [5.74, 6) is 0. The molecule has 198 valence electrons. The molecule has 5 heterocycles. The van der Waals surface area contributed by atoms with Crippen LogP contribution in [-0.4, -0.2) is 32.3 Å². The molecule has 0 atom stereocenters. The summed E-state index contributed by atoms with van der Waals surface area (Å²) in [4.78, 5) is 19.7. The third-order valence-corrected chi connectivity index (χ3v) is 7.79. The molecule has 0 unspecified atom stereocenters. The molecule has 2 aromatic carbocycles. The molecule has 0 spiro atoms. The van der Waals surface area contributed by atoms with Crippen molar-refractivity contribution in [3.05, 3.63) is 127 Å². The number of aromatic nitrogens is 4. The largest absolute Gasteiger partial charge is 0.337 e. The average molecular weight is 533 g/mol. The van der Waals surface area contributed by atoms with E-state index in [4.69, 9.17) is 0 Å². The molecule has 41 heavy (non-hydrogen) atoms. The number of allylic oxidation sites excluding steroid dienone is 1. The summed E-state index contributed by atoms with van der Waals surface area (Å²) in [6, 6.07) is 19.6. The number of hydrogen-bond acceptors (Lipinski definition) is 5. The zero-order valence-electron chi connectivity index (χ0n) is 23.0. The highest BCUT2D eigenvalue weighted by molar-refractivity contribution is 6.11. The van der Waals surface area contributed by atoms with Crippen LogP contribution in [0.25, 0.3) is 44.2 Å². The van der Waals surface area contributed by atoms with Gasteiger partial charge in [-0.15, -0.1) is 0 Å². The van der Waals surface area contributed by atoms with Crippen molar-refractivity contribution in [1.29, 1.82) is 0 Å². The minimum atomic E-state index is 0.692. The van der Waals surface area contributed by atoms with E-state index in [9.17, 15) is 0 Å². The molecular weight excluding hydrogens is 504 g/mol. The Labute approximate surface area is 238 Å². The summed E-state index contributed by atoms with van der Waals surface area (Å²) in [5, 5.41) is 2.21. The summed E-state index contributed by atoms with van der Waals surface area (Å²) in [6.07, 6.45) is 16.9. The third kappa shape index (κ3) is 4.21. The number of pyridine rings is 3. The number of anilines is 2. The summed E-state index contributed by atoms with van der Waals surface area (Å²) in [7, 11) is 0. The zero-order chi connectivity index (χ0) is 27.9. The number of aliphatic imine (C=N–C) groups is 1. The topological polar surface area (TPSA) is 59.2 Å². The van der Waals surface area contributed by atoms with Gasteiger partial charge in [-0.25, -0.2) is 0 Å². The first-order valence-corrected chi connectivity index (χ1v) is 13.6. The number of benzene rings is 2. The normalized spacial score (nSPS) is 14.9. The minimum Gasteiger partial charge on any atom is -0.337 e. The minimum absolute atomic E-state index is 0.692. The molecule has 0 radical (unpaired) electrons. The van der Waals surface area contributed by atoms with Crippen molar-refractivity contribution in [2.75, 3.05) is 11.4 Å². The second kappa shape index (κ2) is 9.99. The molecule has 4 aromatic heterocycles. The molecule has 0 fully saturated rings. The molecular formula is C35H28N6. The standard InChI is InChI=1S/C35H28N6/c1-23-17-26(40-16-4-12-36-19-25(3)30-20-37-13-9-33(30)40)5-7-28(23)29-8-6-27(18-24(29)2)41-34-10-14-38-21-31(34)32-22-39-15-11-35(32)41/h4-15,17-22H,3,16H2,1-2H3/b12-4-,36-19-. The van der Waals surface area contributed by atoms with Crippen molar-refractivity contribution in [2.45, 2.75) is 13.8 Å². The van der Waals surface area contributed by atoms with Crippen molar-refractivity contribution < 1.29 is 0 Å². The number of fused-ring (bicyclic) bond motifs is 4. The van der Waals surface area contributed by atoms with Crippen LogP contribution in [-0.2, 0) is 0 Å². The van der Waals surface area contributed by atoms with Crippen molar-refractivity contribution in [3.8, 4) is 16.8 Å². The lowest BCUT2D eigenvalue weighted by Crippen LogP contribution is -2.18. The van der Waals surface area contributed by atoms with Crippen LogP contribution in [0.2, 0.25) is 0 Å². The maximum Gasteiger partial charge on any atom is 0.0572 e. The Hall–Kier alpha value is -5.36. The van der Waals surface area contributed by atoms with E-state index < -0.39 is 0 Å². The predicted octanol–water partition coefficient (Wildman–Crippen LogP) is 8.00. The van der Waals surface area contributed by atoms with Crippen molar-refractivity contribution in [2.24, 2.45) is 4.99 Å². The first-order valence-electron chi connectivity index (χ1n) is 13.6. The number of hydrogen-bond donors (Lipinski definition) is 0. The van der Waals surface area contributed by atoms with Gasteiger partial charge in [-0.3, -0.25) is 19.9 Å². The number of nitrogens with zero attached hydrogens (tertiary/aromatic N) is 6. The summed E-state index contributed by atoms with van der Waals surface area (Å²) >= 11 is 0. The lowest BCUT2D eigenvalue weighted by Gasteiger charge is -2.26. The van der Waals surface area contributed by atoms with Crippen LogP contribution < -0.4 is 4.90 Å². The second-order valence-corrected chi connectivity index (χ2v) is 10.3. The fourth-order valence-corrected chi connectivity index (χ4v) is 5.82. The molecule has 6 aromatic rings. The summed E-state index contributed by atoms with van der Waals surface area (Å²) in [5.41, 5.74) is 12.2. The highest BCUT2D eigenvalue weighted by Gasteiger charge is 2.17. The van der Waals surface area contributed by atoms with E-state index in [1.165, 1.54) is 22.3 Å². The fraction of sp³-hybridized carbons (Fsp3) is 0.0857. The highest BCUT2D eigenvalue weighted by Crippen LogP contribution is 2.37. The Morgan fingerprint density at radius 1 is 0.683 bits per heavy atom. The Morgan fingerprint density at radius 2 is 1.29 bits per heavy atom. The van der Waals surface area contributed by atoms with Crippen LogP contribution in [0.15, 0.2) is 116 Å². The molecule has 0 bridgehead atoms. The van der Waals surface area contributed by atoms with Gasteiger partial charge in [-0.05, 0) is 90.2 Å². The van der Waals surface area contributed by atoms with Crippen LogP contribution in [0.1, 0.15) is 16.7 Å². The van der Waals surface area contributed by atoms with Gasteiger partial charge in [0.05, 0.1) is 16.7 Å². The maximum absolute atomic E-state index is 4.37. The van der Waals surface area contributed by atoms with Crippen LogP contribution in [0.4, 0.5) is 11.4 Å². The smallest absolute Gasteiger partial charge is 0.0572 e. The summed E-state index contributed by atoms with van der Waals surface area (Å²) < 4.78 is 2.29. The quantitative estimate of drug-likeness (QED) is 0.232. The van der Waals surface area contributed by atoms with E-state index in [1.54, 1.807) is 6.21 Å². The number of rotatable bonds is 3. The Bertz CT molecular complexity index is 1980. The molecule has 0 saturated heterocycles. The van der Waals surface area contributed by atoms with Gasteiger partial charge < -0.3 is 9.47 Å². The molecule has 0 saturated carbocycles. The lowest BCUT2D eigenvalue weighted by atomic mass is 9.95. The summed E-state index contributed by atoms with van der Waals surface area (Å²) in [6.45, 7) is 9.27. The van der Waals surface area contributed by atoms with Gasteiger partial charge in [0.1, 0.15) is 0 Å². The molecule has 6 nitrogen and oxygen atoms in total. The van der Waals surface area contributed by atoms with Gasteiger partial charge in [0.2, 0.25) is 0 Å². The van der Waals surface area contributed by atoms with Crippen molar-refractivity contribution in [3.63, 3.8) is 0 Å². The van der Waals surface area contributed by atoms with E-state index in [2.05, 4.69) is 104 Å². The van der Waals surface area contributed by atoms with Crippen LogP contribution in [0.3, 0.4) is 0 Å². The molecule has 0 amide bonds. The van der Waals surface area contributed by atoms with Gasteiger partial charge in [0.25, 0.3) is 0 Å². The van der Waals surface area contributed by atoms with Gasteiger partial charge in [-0.1, -0.05) is 18.7 Å². The van der Waals surface area contributed by atoms with Crippen molar-refractivity contribution >= 4 is 45.0 Å². The Morgan fingerprint density at radius 3 is 1.98 bits per heavy atom. The molecule has 0 N–H and O–H groups in total. The molecule has 7 rings (SSSR count). The average Bonchev–Trinajstić information content (AvgIpc) is 3.36. The second-order valence-electron chi connectivity index (χ2n) is 10.3. The Balaban J connectivity index is 1.29. The van der Waals surface area contributed by atoms with E-state index in [0.29, 0.717) is 6.54 Å². The van der Waals surface area contributed by atoms with Gasteiger partial charge in [-0.2, -0.15) is 0 Å². The van der Waals surface area contributed by atoms with E-state index in [0.717, 1.165) is 50.0 Å². The number of aryl methyl sites for hydroxylation is 2. The zero-order valence-corrected chi connectivity index (χ0v) is 23.0. The van der Waals surface area contributed by atoms with Crippen LogP contribution in [0.5, 0.6) is 0 Å². The Kier molecular flexibility index (Phi) is 6.01. The van der Waals surface area contributed by atoms with Crippen LogP contribution >= 0.6 is 0 Å².